The molecular weight excluding hydrogens is 264 g/mol. The van der Waals surface area contributed by atoms with Gasteiger partial charge in [-0.2, -0.15) is 0 Å². The molecule has 0 atom stereocenters. The van der Waals surface area contributed by atoms with Crippen LogP contribution in [0.3, 0.4) is 0 Å². The third-order valence-corrected chi connectivity index (χ3v) is 4.20. The fourth-order valence-electron chi connectivity index (χ4n) is 1.57. The molecule has 0 bridgehead atoms. The number of urea groups is 1. The number of hydrogen-bond donors (Lipinski definition) is 2. The number of primary amides is 1. The average molecular weight is 292 g/mol. The quantitative estimate of drug-likeness (QED) is 0.397. The molecule has 2 amide bonds. The lowest BCUT2D eigenvalue weighted by Gasteiger charge is -2.14. The molecule has 114 valence electrons. The number of carbonyl (C=O) groups excluding carboxylic acids is 1. The van der Waals surface area contributed by atoms with Crippen molar-refractivity contribution in [1.29, 1.82) is 0 Å². The summed E-state index contributed by atoms with van der Waals surface area (Å²) in [5.74, 6) is 0. The second-order valence-electron chi connectivity index (χ2n) is 4.13. The van der Waals surface area contributed by atoms with E-state index in [0.717, 1.165) is 32.1 Å². The van der Waals surface area contributed by atoms with E-state index in [1.807, 2.05) is 13.8 Å². The van der Waals surface area contributed by atoms with Gasteiger partial charge in [0.05, 0.1) is 0 Å². The van der Waals surface area contributed by atoms with Crippen molar-refractivity contribution >= 4 is 15.6 Å². The van der Waals surface area contributed by atoms with Gasteiger partial charge in [-0.3, -0.25) is 0 Å². The summed E-state index contributed by atoms with van der Waals surface area (Å²) in [6.45, 7) is 6.55. The molecule has 0 aromatic heterocycles. The highest BCUT2D eigenvalue weighted by Gasteiger charge is 2.12. The van der Waals surface area contributed by atoms with Crippen LogP contribution in [0, 0.1) is 0 Å². The topological polar surface area (TPSA) is 82.8 Å². The molecule has 0 spiro atoms. The van der Waals surface area contributed by atoms with Crippen LogP contribution in [0.5, 0.6) is 0 Å². The molecule has 0 rings (SSSR count). The number of rotatable bonds is 13. The molecule has 0 saturated heterocycles. The molecule has 7 heteroatoms. The van der Waals surface area contributed by atoms with Crippen LogP contribution in [0.25, 0.3) is 0 Å². The van der Waals surface area contributed by atoms with Crippen LogP contribution in [0.2, 0.25) is 0 Å². The number of nitrogens with one attached hydrogen (secondary N) is 1. The average Bonchev–Trinajstić information content (AvgIpc) is 2.37. The van der Waals surface area contributed by atoms with Gasteiger partial charge in [-0.25, -0.2) is 4.79 Å². The Labute approximate surface area is 117 Å². The van der Waals surface area contributed by atoms with Gasteiger partial charge in [0.25, 0.3) is 0 Å². The molecule has 3 N–H and O–H groups in total. The second-order valence-corrected chi connectivity index (χ2v) is 5.71. The van der Waals surface area contributed by atoms with Crippen molar-refractivity contribution in [2.75, 3.05) is 26.4 Å². The number of unbranched alkanes of at least 4 members (excludes halogenated alkanes) is 4. The predicted molar refractivity (Wildman–Crippen MR) is 77.0 cm³/mol. The number of amides is 2. The van der Waals surface area contributed by atoms with Crippen molar-refractivity contribution < 1.29 is 18.1 Å². The highest BCUT2D eigenvalue weighted by Crippen LogP contribution is 2.03. The van der Waals surface area contributed by atoms with E-state index in [4.69, 9.17) is 19.0 Å². The first-order valence-corrected chi connectivity index (χ1v) is 8.50. The van der Waals surface area contributed by atoms with Crippen LogP contribution in [-0.4, -0.2) is 41.9 Å². The van der Waals surface area contributed by atoms with E-state index in [9.17, 15) is 4.79 Å². The minimum Gasteiger partial charge on any atom is -0.376 e. The molecule has 0 aromatic rings. The molecule has 19 heavy (non-hydrogen) atoms. The zero-order chi connectivity index (χ0) is 14.3. The smallest absolute Gasteiger partial charge is 0.376 e. The molecule has 0 aliphatic rings. The molecule has 0 aromatic carbocycles. The first-order valence-electron chi connectivity index (χ1n) is 7.08. The molecule has 0 unspecified atom stereocenters. The highest BCUT2D eigenvalue weighted by atomic mass is 28.3. The van der Waals surface area contributed by atoms with Gasteiger partial charge in [-0.1, -0.05) is 19.3 Å². The van der Waals surface area contributed by atoms with Gasteiger partial charge in [-0.15, -0.1) is 0 Å². The molecule has 6 nitrogen and oxygen atoms in total. The van der Waals surface area contributed by atoms with Crippen LogP contribution >= 0.6 is 0 Å². The van der Waals surface area contributed by atoms with Crippen molar-refractivity contribution in [2.24, 2.45) is 5.73 Å². The van der Waals surface area contributed by atoms with E-state index < -0.39 is 15.6 Å². The summed E-state index contributed by atoms with van der Waals surface area (Å²) in [6.07, 6.45) is 5.35. The van der Waals surface area contributed by atoms with Crippen molar-refractivity contribution in [3.63, 3.8) is 0 Å². The summed E-state index contributed by atoms with van der Waals surface area (Å²) >= 11 is 0. The molecular formula is C12H28N2O4Si. The van der Waals surface area contributed by atoms with Crippen molar-refractivity contribution in [1.82, 2.24) is 5.32 Å². The van der Waals surface area contributed by atoms with Crippen LogP contribution < -0.4 is 11.1 Å². The molecule has 0 heterocycles. The van der Waals surface area contributed by atoms with Gasteiger partial charge in [0.2, 0.25) is 0 Å². The van der Waals surface area contributed by atoms with E-state index in [0.29, 0.717) is 26.4 Å². The van der Waals surface area contributed by atoms with Gasteiger partial charge in [-0.05, 0) is 26.7 Å². The first-order chi connectivity index (χ1) is 9.20. The Morgan fingerprint density at radius 2 is 1.58 bits per heavy atom. The predicted octanol–water partition coefficient (Wildman–Crippen LogP) is 1.41. The normalized spacial score (nSPS) is 10.9. The van der Waals surface area contributed by atoms with Crippen LogP contribution in [0.4, 0.5) is 4.79 Å². The summed E-state index contributed by atoms with van der Waals surface area (Å²) in [6, 6.07) is -0.448. The summed E-state index contributed by atoms with van der Waals surface area (Å²) in [4.78, 5) is 10.4. The molecule has 0 aliphatic carbocycles. The van der Waals surface area contributed by atoms with Gasteiger partial charge >= 0.3 is 15.6 Å². The maximum atomic E-state index is 10.4. The van der Waals surface area contributed by atoms with E-state index in [-0.39, 0.29) is 0 Å². The first kappa shape index (κ1) is 18.4. The molecule has 0 radical (unpaired) electrons. The fourth-order valence-corrected chi connectivity index (χ4v) is 2.76. The second kappa shape index (κ2) is 13.8. The monoisotopic (exact) mass is 292 g/mol. The summed E-state index contributed by atoms with van der Waals surface area (Å²) in [7, 11) is -1.88. The lowest BCUT2D eigenvalue weighted by molar-refractivity contribution is 0.100. The van der Waals surface area contributed by atoms with Gasteiger partial charge in [0, 0.05) is 26.4 Å². The number of hydrogen-bond acceptors (Lipinski definition) is 4. The van der Waals surface area contributed by atoms with Crippen LogP contribution in [0.15, 0.2) is 0 Å². The largest absolute Gasteiger partial charge is 0.484 e. The Morgan fingerprint density at radius 3 is 2.16 bits per heavy atom. The van der Waals surface area contributed by atoms with E-state index in [1.54, 1.807) is 0 Å². The van der Waals surface area contributed by atoms with Crippen molar-refractivity contribution in [3.05, 3.63) is 0 Å². The minimum absolute atomic E-state index is 0.448. The zero-order valence-corrected chi connectivity index (χ0v) is 13.3. The molecule has 0 fully saturated rings. The van der Waals surface area contributed by atoms with Gasteiger partial charge < -0.3 is 24.3 Å². The lowest BCUT2D eigenvalue weighted by atomic mass is 10.1. The Bertz CT molecular complexity index is 214. The SMILES string of the molecule is CCO[SiH](OCC)OCCCCCCCNC(N)=O. The Morgan fingerprint density at radius 1 is 1.00 bits per heavy atom. The summed E-state index contributed by atoms with van der Waals surface area (Å²) < 4.78 is 16.4. The Hall–Kier alpha value is -0.633. The number of nitrogens with two attached hydrogens (primary N) is 1. The van der Waals surface area contributed by atoms with E-state index in [2.05, 4.69) is 5.32 Å². The zero-order valence-electron chi connectivity index (χ0n) is 12.2. The summed E-state index contributed by atoms with van der Waals surface area (Å²) in [5, 5.41) is 2.58. The fraction of sp³-hybridized carbons (Fsp3) is 0.917. The maximum Gasteiger partial charge on any atom is 0.484 e. The minimum atomic E-state index is -1.88. The maximum absolute atomic E-state index is 10.4. The van der Waals surface area contributed by atoms with Gasteiger partial charge in [0.15, 0.2) is 0 Å². The molecule has 0 aliphatic heterocycles. The standard InChI is InChI=1S/C12H28N2O4Si/c1-3-16-19(17-4-2)18-11-9-7-5-6-8-10-14-12(13)15/h19H,3-11H2,1-2H3,(H3,13,14,15). The molecule has 0 saturated carbocycles. The number of carbonyl (C=O) groups is 1. The van der Waals surface area contributed by atoms with Crippen molar-refractivity contribution in [3.8, 4) is 0 Å². The lowest BCUT2D eigenvalue weighted by Crippen LogP contribution is -2.29. The summed E-state index contributed by atoms with van der Waals surface area (Å²) in [5.41, 5.74) is 4.96. The van der Waals surface area contributed by atoms with Gasteiger partial charge in [0.1, 0.15) is 0 Å². The Balaban J connectivity index is 3.26. The van der Waals surface area contributed by atoms with Crippen LogP contribution in [-0.2, 0) is 13.3 Å². The third-order valence-electron chi connectivity index (χ3n) is 2.48. The van der Waals surface area contributed by atoms with E-state index in [1.165, 1.54) is 0 Å². The Kier molecular flexibility index (Phi) is 13.3. The van der Waals surface area contributed by atoms with E-state index >= 15 is 0 Å². The van der Waals surface area contributed by atoms with Crippen LogP contribution in [0.1, 0.15) is 46.0 Å². The van der Waals surface area contributed by atoms with Crippen molar-refractivity contribution in [2.45, 2.75) is 46.0 Å². The highest BCUT2D eigenvalue weighted by molar-refractivity contribution is 6.36. The third kappa shape index (κ3) is 13.6.